The number of hydrogen-bond donors (Lipinski definition) is 1. The van der Waals surface area contributed by atoms with Crippen molar-refractivity contribution in [1.82, 2.24) is 0 Å². The van der Waals surface area contributed by atoms with Gasteiger partial charge in [-0.25, -0.2) is 0 Å². The molecule has 2 aromatic rings. The molecule has 0 bridgehead atoms. The number of hydrogen-bond acceptors (Lipinski definition) is 3. The molecular formula is C10H7IO2S. The number of carbonyl (C=O) groups excluding carboxylic acids is 1. The number of fused-ring (bicyclic) bond motifs is 1. The average molecular weight is 318 g/mol. The van der Waals surface area contributed by atoms with Gasteiger partial charge < -0.3 is 5.11 Å². The summed E-state index contributed by atoms with van der Waals surface area (Å²) in [5.41, 5.74) is 0.684. The molecule has 0 spiro atoms. The monoisotopic (exact) mass is 318 g/mol. The summed E-state index contributed by atoms with van der Waals surface area (Å²) < 4.78 is 2.20. The largest absolute Gasteiger partial charge is 0.391 e. The van der Waals surface area contributed by atoms with E-state index < -0.39 is 0 Å². The Balaban J connectivity index is 2.73. The van der Waals surface area contributed by atoms with Gasteiger partial charge in [0.15, 0.2) is 0 Å². The molecule has 1 aromatic carbocycles. The molecule has 0 radical (unpaired) electrons. The van der Waals surface area contributed by atoms with Crippen molar-refractivity contribution in [3.05, 3.63) is 32.2 Å². The number of aliphatic hydroxyl groups excluding tert-OH is 1. The van der Waals surface area contributed by atoms with E-state index in [0.717, 1.165) is 24.8 Å². The van der Waals surface area contributed by atoms with Crippen molar-refractivity contribution < 1.29 is 9.90 Å². The molecule has 0 fully saturated rings. The Hall–Kier alpha value is -0.460. The molecule has 0 saturated carbocycles. The van der Waals surface area contributed by atoms with Crippen LogP contribution in [0, 0.1) is 3.57 Å². The molecule has 0 saturated heterocycles. The van der Waals surface area contributed by atoms with Crippen LogP contribution in [0.4, 0.5) is 0 Å². The maximum Gasteiger partial charge on any atom is 0.150 e. The molecule has 0 unspecified atom stereocenters. The van der Waals surface area contributed by atoms with Crippen LogP contribution in [0.2, 0.25) is 0 Å². The molecule has 0 amide bonds. The second-order valence-corrected chi connectivity index (χ2v) is 5.21. The molecule has 0 aliphatic rings. The lowest BCUT2D eigenvalue weighted by atomic mass is 10.2. The highest BCUT2D eigenvalue weighted by Gasteiger charge is 2.06. The van der Waals surface area contributed by atoms with Crippen LogP contribution in [-0.2, 0) is 6.61 Å². The van der Waals surface area contributed by atoms with Gasteiger partial charge in [0.2, 0.25) is 0 Å². The second kappa shape index (κ2) is 3.96. The van der Waals surface area contributed by atoms with Crippen LogP contribution in [0.15, 0.2) is 18.2 Å². The Kier molecular flexibility index (Phi) is 2.85. The Morgan fingerprint density at radius 1 is 1.43 bits per heavy atom. The minimum Gasteiger partial charge on any atom is -0.391 e. The minimum atomic E-state index is 0.0614. The SMILES string of the molecule is O=Cc1cc(I)c2sc(CO)cc2c1. The van der Waals surface area contributed by atoms with E-state index in [1.165, 1.54) is 0 Å². The van der Waals surface area contributed by atoms with Crippen molar-refractivity contribution in [2.24, 2.45) is 0 Å². The summed E-state index contributed by atoms with van der Waals surface area (Å²) in [5, 5.41) is 10.0. The minimum absolute atomic E-state index is 0.0614. The van der Waals surface area contributed by atoms with E-state index in [9.17, 15) is 4.79 Å². The molecule has 4 heteroatoms. The highest BCUT2D eigenvalue weighted by molar-refractivity contribution is 14.1. The molecule has 14 heavy (non-hydrogen) atoms. The van der Waals surface area contributed by atoms with Gasteiger partial charge in [0.1, 0.15) is 6.29 Å². The summed E-state index contributed by atoms with van der Waals surface area (Å²) in [6.07, 6.45) is 0.845. The lowest BCUT2D eigenvalue weighted by Gasteiger charge is -1.95. The van der Waals surface area contributed by atoms with Crippen molar-refractivity contribution >= 4 is 50.3 Å². The van der Waals surface area contributed by atoms with Gasteiger partial charge in [0, 0.05) is 18.7 Å². The first-order valence-electron chi connectivity index (χ1n) is 4.02. The molecule has 2 rings (SSSR count). The van der Waals surface area contributed by atoms with Gasteiger partial charge in [-0.05, 0) is 46.2 Å². The van der Waals surface area contributed by atoms with Crippen LogP contribution in [0.25, 0.3) is 10.1 Å². The molecule has 2 nitrogen and oxygen atoms in total. The summed E-state index contributed by atoms with van der Waals surface area (Å²) in [5.74, 6) is 0. The van der Waals surface area contributed by atoms with Crippen molar-refractivity contribution in [3.63, 3.8) is 0 Å². The van der Waals surface area contributed by atoms with Crippen LogP contribution in [-0.4, -0.2) is 11.4 Å². The first-order chi connectivity index (χ1) is 6.74. The van der Waals surface area contributed by atoms with E-state index in [2.05, 4.69) is 22.6 Å². The highest BCUT2D eigenvalue weighted by atomic mass is 127. The lowest BCUT2D eigenvalue weighted by molar-refractivity contribution is 0.112. The predicted octanol–water partition coefficient (Wildman–Crippen LogP) is 2.81. The summed E-state index contributed by atoms with van der Waals surface area (Å²) in [7, 11) is 0. The second-order valence-electron chi connectivity index (χ2n) is 2.91. The van der Waals surface area contributed by atoms with Crippen molar-refractivity contribution in [2.75, 3.05) is 0 Å². The quantitative estimate of drug-likeness (QED) is 0.683. The maximum atomic E-state index is 10.6. The Bertz CT molecular complexity index is 490. The van der Waals surface area contributed by atoms with E-state index in [0.29, 0.717) is 5.56 Å². The normalized spacial score (nSPS) is 10.7. The van der Waals surface area contributed by atoms with Gasteiger partial charge in [-0.1, -0.05) is 0 Å². The zero-order valence-corrected chi connectivity index (χ0v) is 10.1. The molecule has 0 atom stereocenters. The maximum absolute atomic E-state index is 10.6. The fourth-order valence-electron chi connectivity index (χ4n) is 1.33. The van der Waals surface area contributed by atoms with Gasteiger partial charge >= 0.3 is 0 Å². The van der Waals surface area contributed by atoms with Gasteiger partial charge in [-0.2, -0.15) is 0 Å². The van der Waals surface area contributed by atoms with Gasteiger partial charge in [0.05, 0.1) is 6.61 Å². The van der Waals surface area contributed by atoms with Gasteiger partial charge in [-0.3, -0.25) is 4.79 Å². The highest BCUT2D eigenvalue weighted by Crippen LogP contribution is 2.30. The number of aliphatic hydroxyl groups is 1. The van der Waals surface area contributed by atoms with Crippen LogP contribution in [0.5, 0.6) is 0 Å². The van der Waals surface area contributed by atoms with Crippen molar-refractivity contribution in [2.45, 2.75) is 6.61 Å². The fraction of sp³-hybridized carbons (Fsp3) is 0.100. The van der Waals surface area contributed by atoms with E-state index in [1.54, 1.807) is 11.3 Å². The number of rotatable bonds is 2. The Labute approximate surface area is 98.7 Å². The number of halogens is 1. The molecule has 1 aromatic heterocycles. The standard InChI is InChI=1S/C10H7IO2S/c11-9-2-6(4-12)1-7-3-8(5-13)14-10(7)9/h1-4,13H,5H2. The summed E-state index contributed by atoms with van der Waals surface area (Å²) >= 11 is 3.78. The molecule has 1 N–H and O–H groups in total. The molecule has 0 aliphatic carbocycles. The van der Waals surface area contributed by atoms with Gasteiger partial charge in [0.25, 0.3) is 0 Å². The summed E-state index contributed by atoms with van der Waals surface area (Å²) in [6.45, 7) is 0.0614. The number of benzene rings is 1. The fourth-order valence-corrected chi connectivity index (χ4v) is 3.24. The van der Waals surface area contributed by atoms with E-state index in [1.807, 2.05) is 18.2 Å². The Morgan fingerprint density at radius 3 is 2.86 bits per heavy atom. The third kappa shape index (κ3) is 1.69. The van der Waals surface area contributed by atoms with Gasteiger partial charge in [-0.15, -0.1) is 11.3 Å². The molecule has 0 aliphatic heterocycles. The topological polar surface area (TPSA) is 37.3 Å². The van der Waals surface area contributed by atoms with Crippen LogP contribution >= 0.6 is 33.9 Å². The van der Waals surface area contributed by atoms with Crippen LogP contribution < -0.4 is 0 Å². The molecule has 1 heterocycles. The summed E-state index contributed by atoms with van der Waals surface area (Å²) in [4.78, 5) is 11.6. The van der Waals surface area contributed by atoms with Crippen molar-refractivity contribution in [1.29, 1.82) is 0 Å². The molecule has 72 valence electrons. The first kappa shape index (κ1) is 10.1. The van der Waals surface area contributed by atoms with Crippen molar-refractivity contribution in [3.8, 4) is 0 Å². The average Bonchev–Trinajstić information content (AvgIpc) is 2.61. The molecular weight excluding hydrogens is 311 g/mol. The predicted molar refractivity (Wildman–Crippen MR) is 65.9 cm³/mol. The summed E-state index contributed by atoms with van der Waals surface area (Å²) in [6, 6.07) is 5.63. The number of thiophene rings is 1. The number of carbonyl (C=O) groups is 1. The van der Waals surface area contributed by atoms with Crippen LogP contribution in [0.1, 0.15) is 15.2 Å². The van der Waals surface area contributed by atoms with E-state index in [-0.39, 0.29) is 6.61 Å². The lowest BCUT2D eigenvalue weighted by Crippen LogP contribution is -1.80. The van der Waals surface area contributed by atoms with E-state index >= 15 is 0 Å². The first-order valence-corrected chi connectivity index (χ1v) is 5.92. The Morgan fingerprint density at radius 2 is 2.21 bits per heavy atom. The third-order valence-corrected chi connectivity index (χ3v) is 4.32. The van der Waals surface area contributed by atoms with Crippen LogP contribution in [0.3, 0.4) is 0 Å². The zero-order valence-electron chi connectivity index (χ0n) is 7.16. The smallest absolute Gasteiger partial charge is 0.150 e. The van der Waals surface area contributed by atoms with E-state index in [4.69, 9.17) is 5.11 Å². The number of aldehydes is 1. The third-order valence-electron chi connectivity index (χ3n) is 1.94. The zero-order chi connectivity index (χ0) is 10.1.